The van der Waals surface area contributed by atoms with Crippen molar-refractivity contribution in [1.29, 1.82) is 0 Å². The second kappa shape index (κ2) is 8.55. The molecule has 4 rings (SSSR count). The molecule has 5 nitrogen and oxygen atoms in total. The molecule has 1 N–H and O–H groups in total. The van der Waals surface area contributed by atoms with Gasteiger partial charge < -0.3 is 5.32 Å². The van der Waals surface area contributed by atoms with Crippen molar-refractivity contribution in [2.24, 2.45) is 0 Å². The molecule has 164 valence electrons. The van der Waals surface area contributed by atoms with E-state index in [2.05, 4.69) is 31.3 Å². The van der Waals surface area contributed by atoms with E-state index in [1.807, 2.05) is 30.3 Å². The van der Waals surface area contributed by atoms with Gasteiger partial charge in [-0.2, -0.15) is 18.3 Å². The van der Waals surface area contributed by atoms with E-state index in [0.29, 0.717) is 10.1 Å². The first kappa shape index (κ1) is 22.3. The minimum Gasteiger partial charge on any atom is -0.344 e. The zero-order valence-corrected chi connectivity index (χ0v) is 18.8. The van der Waals surface area contributed by atoms with Crippen molar-refractivity contribution in [2.75, 3.05) is 0 Å². The number of hydrogen-bond acceptors (Lipinski definition) is 3. The van der Waals surface area contributed by atoms with Crippen LogP contribution in [-0.4, -0.2) is 20.5 Å². The van der Waals surface area contributed by atoms with Crippen molar-refractivity contribution in [3.05, 3.63) is 87.1 Å². The fraction of sp³-hybridized carbons (Fsp3) is 0.136. The van der Waals surface area contributed by atoms with Crippen molar-refractivity contribution in [3.63, 3.8) is 0 Å². The highest BCUT2D eigenvalue weighted by atomic mass is 79.9. The molecule has 32 heavy (non-hydrogen) atoms. The van der Waals surface area contributed by atoms with Crippen LogP contribution in [0.25, 0.3) is 16.9 Å². The fourth-order valence-electron chi connectivity index (χ4n) is 3.20. The van der Waals surface area contributed by atoms with Crippen LogP contribution in [0, 0.1) is 0 Å². The molecule has 0 radical (unpaired) electrons. The van der Waals surface area contributed by atoms with E-state index in [9.17, 15) is 18.0 Å². The maximum atomic E-state index is 13.8. The van der Waals surface area contributed by atoms with Crippen LogP contribution in [-0.2, 0) is 6.18 Å². The first-order valence-electron chi connectivity index (χ1n) is 9.43. The molecule has 1 amide bonds. The summed E-state index contributed by atoms with van der Waals surface area (Å²) in [6.07, 6.45) is -4.74. The number of carbonyl (C=O) groups excluding carboxylic acids is 1. The summed E-state index contributed by atoms with van der Waals surface area (Å²) >= 11 is 9.60. The summed E-state index contributed by atoms with van der Waals surface area (Å²) in [5.74, 6) is -0.699. The van der Waals surface area contributed by atoms with Crippen LogP contribution >= 0.6 is 27.5 Å². The normalized spacial score (nSPS) is 12.7. The van der Waals surface area contributed by atoms with E-state index in [4.69, 9.17) is 11.6 Å². The highest BCUT2D eigenvalue weighted by Gasteiger charge is 2.36. The van der Waals surface area contributed by atoms with Crippen LogP contribution < -0.4 is 5.32 Å². The molecule has 2 heterocycles. The molecule has 10 heteroatoms. The van der Waals surface area contributed by atoms with Gasteiger partial charge in [0.25, 0.3) is 5.91 Å². The van der Waals surface area contributed by atoms with Gasteiger partial charge in [0, 0.05) is 10.0 Å². The number of nitrogens with one attached hydrogen (secondary N) is 1. The van der Waals surface area contributed by atoms with Gasteiger partial charge in [0.1, 0.15) is 5.02 Å². The number of aromatic nitrogens is 3. The van der Waals surface area contributed by atoms with E-state index in [0.717, 1.165) is 16.1 Å². The van der Waals surface area contributed by atoms with Crippen LogP contribution in [0.2, 0.25) is 5.02 Å². The lowest BCUT2D eigenvalue weighted by Crippen LogP contribution is -2.27. The minimum atomic E-state index is -4.74. The third-order valence-corrected chi connectivity index (χ3v) is 5.70. The molecular weight excluding hydrogens is 509 g/mol. The summed E-state index contributed by atoms with van der Waals surface area (Å²) in [6, 6.07) is 16.2. The second-order valence-electron chi connectivity index (χ2n) is 7.04. The lowest BCUT2D eigenvalue weighted by atomic mass is 10.1. The highest BCUT2D eigenvalue weighted by molar-refractivity contribution is 9.10. The fourth-order valence-corrected chi connectivity index (χ4v) is 3.71. The molecule has 0 fully saturated rings. The second-order valence-corrected chi connectivity index (χ2v) is 8.33. The van der Waals surface area contributed by atoms with E-state index in [-0.39, 0.29) is 22.1 Å². The Kier molecular flexibility index (Phi) is 5.96. The van der Waals surface area contributed by atoms with E-state index >= 15 is 0 Å². The van der Waals surface area contributed by atoms with Gasteiger partial charge in [-0.1, -0.05) is 70.0 Å². The summed E-state index contributed by atoms with van der Waals surface area (Å²) in [4.78, 5) is 17.0. The number of benzene rings is 2. The Bertz CT molecular complexity index is 1290. The number of hydrogen-bond donors (Lipinski definition) is 1. The highest BCUT2D eigenvalue weighted by Crippen LogP contribution is 2.35. The van der Waals surface area contributed by atoms with Crippen LogP contribution in [0.5, 0.6) is 0 Å². The van der Waals surface area contributed by atoms with Crippen molar-refractivity contribution in [2.45, 2.75) is 19.1 Å². The van der Waals surface area contributed by atoms with Gasteiger partial charge in [0.05, 0.1) is 11.7 Å². The monoisotopic (exact) mass is 522 g/mol. The maximum Gasteiger partial charge on any atom is 0.433 e. The van der Waals surface area contributed by atoms with Gasteiger partial charge in [-0.15, -0.1) is 0 Å². The Morgan fingerprint density at radius 1 is 1.12 bits per heavy atom. The molecule has 0 spiro atoms. The summed E-state index contributed by atoms with van der Waals surface area (Å²) in [5, 5.41) is 6.31. The Labute approximate surface area is 194 Å². The number of amides is 1. The molecule has 0 saturated carbocycles. The molecule has 4 aromatic rings. The Morgan fingerprint density at radius 3 is 2.41 bits per heavy atom. The number of alkyl halides is 3. The molecule has 2 aromatic carbocycles. The van der Waals surface area contributed by atoms with Gasteiger partial charge >= 0.3 is 6.18 Å². The molecule has 2 aromatic heterocycles. The number of rotatable bonds is 4. The average molecular weight is 524 g/mol. The molecule has 0 unspecified atom stereocenters. The largest absolute Gasteiger partial charge is 0.433 e. The van der Waals surface area contributed by atoms with Crippen LogP contribution in [0.15, 0.2) is 65.1 Å². The van der Waals surface area contributed by atoms with Crippen molar-refractivity contribution >= 4 is 39.1 Å². The molecule has 0 saturated heterocycles. The summed E-state index contributed by atoms with van der Waals surface area (Å²) in [5.41, 5.74) is -0.326. The van der Waals surface area contributed by atoms with Gasteiger partial charge in [-0.25, -0.2) is 9.50 Å². The number of halogens is 5. The predicted molar refractivity (Wildman–Crippen MR) is 118 cm³/mol. The molecule has 0 aliphatic heterocycles. The van der Waals surface area contributed by atoms with Crippen molar-refractivity contribution in [3.8, 4) is 11.3 Å². The molecule has 0 aliphatic carbocycles. The van der Waals surface area contributed by atoms with E-state index in [1.165, 1.54) is 0 Å². The van der Waals surface area contributed by atoms with Gasteiger partial charge in [-0.05, 0) is 30.7 Å². The third-order valence-electron chi connectivity index (χ3n) is 4.83. The van der Waals surface area contributed by atoms with Crippen LogP contribution in [0.1, 0.15) is 34.7 Å². The Morgan fingerprint density at radius 2 is 1.78 bits per heavy atom. The maximum absolute atomic E-state index is 13.8. The quantitative estimate of drug-likeness (QED) is 0.340. The molecule has 0 aliphatic rings. The van der Waals surface area contributed by atoms with Gasteiger partial charge in [0.15, 0.2) is 17.0 Å². The lowest BCUT2D eigenvalue weighted by molar-refractivity contribution is -0.142. The third kappa shape index (κ3) is 4.35. The molecule has 1 atom stereocenters. The van der Waals surface area contributed by atoms with Crippen molar-refractivity contribution in [1.82, 2.24) is 19.9 Å². The average Bonchev–Trinajstić information content (AvgIpc) is 3.10. The minimum absolute atomic E-state index is 0.0590. The lowest BCUT2D eigenvalue weighted by Gasteiger charge is -2.13. The number of carbonyl (C=O) groups is 1. The number of nitrogens with zero attached hydrogens (tertiary/aromatic N) is 3. The van der Waals surface area contributed by atoms with E-state index < -0.39 is 23.8 Å². The van der Waals surface area contributed by atoms with E-state index in [1.54, 1.807) is 31.2 Å². The van der Waals surface area contributed by atoms with Crippen LogP contribution in [0.3, 0.4) is 0 Å². The Hall–Kier alpha value is -2.91. The van der Waals surface area contributed by atoms with Gasteiger partial charge in [0.2, 0.25) is 0 Å². The summed E-state index contributed by atoms with van der Waals surface area (Å²) < 4.78 is 42.8. The molecular formula is C22H15BrClF3N4O. The van der Waals surface area contributed by atoms with Crippen LogP contribution in [0.4, 0.5) is 13.2 Å². The zero-order valence-electron chi connectivity index (χ0n) is 16.5. The number of fused-ring (bicyclic) bond motifs is 1. The first-order valence-corrected chi connectivity index (χ1v) is 10.6. The summed E-state index contributed by atoms with van der Waals surface area (Å²) in [7, 11) is 0. The van der Waals surface area contributed by atoms with Crippen molar-refractivity contribution < 1.29 is 18.0 Å². The smallest absolute Gasteiger partial charge is 0.344 e. The first-order chi connectivity index (χ1) is 15.1. The zero-order chi connectivity index (χ0) is 23.0. The topological polar surface area (TPSA) is 59.3 Å². The Balaban J connectivity index is 1.79. The standard InChI is InChI=1S/C22H15BrClF3N4O/c1-12(13-5-3-2-4-6-13)28-21(32)19-18(24)20-29-16(14-7-9-15(23)10-8-14)11-17(22(25,26)27)31(20)30-19/h2-12H,1H3,(H,28,32)/t12-/m1/s1. The molecule has 0 bridgehead atoms. The predicted octanol–water partition coefficient (Wildman–Crippen LogP) is 6.32. The van der Waals surface area contributed by atoms with Gasteiger partial charge in [-0.3, -0.25) is 4.79 Å². The summed E-state index contributed by atoms with van der Waals surface area (Å²) in [6.45, 7) is 1.75. The SMILES string of the molecule is C[C@@H](NC(=O)c1nn2c(C(F)(F)F)cc(-c3ccc(Br)cc3)nc2c1Cl)c1ccccc1.